The van der Waals surface area contributed by atoms with Gasteiger partial charge in [0.1, 0.15) is 11.6 Å². The van der Waals surface area contributed by atoms with E-state index in [4.69, 9.17) is 0 Å². The van der Waals surface area contributed by atoms with E-state index in [1.165, 1.54) is 12.1 Å². The summed E-state index contributed by atoms with van der Waals surface area (Å²) in [6.07, 6.45) is 1.56. The van der Waals surface area contributed by atoms with Gasteiger partial charge in [0.15, 0.2) is 0 Å². The van der Waals surface area contributed by atoms with Crippen LogP contribution in [0.2, 0.25) is 0 Å². The molecule has 1 N–H and O–H groups in total. The highest BCUT2D eigenvalue weighted by molar-refractivity contribution is 5.18. The second-order valence-corrected chi connectivity index (χ2v) is 3.98. The predicted molar refractivity (Wildman–Crippen MR) is 62.4 cm³/mol. The van der Waals surface area contributed by atoms with Gasteiger partial charge in [-0.3, -0.25) is 0 Å². The fraction of sp³-hybridized carbons (Fsp3) is 0.385. The van der Waals surface area contributed by atoms with E-state index in [0.717, 1.165) is 31.1 Å². The molecule has 0 saturated carbocycles. The van der Waals surface area contributed by atoms with Gasteiger partial charge in [0.05, 0.1) is 0 Å². The zero-order chi connectivity index (χ0) is 12.0. The van der Waals surface area contributed by atoms with Gasteiger partial charge in [0.2, 0.25) is 0 Å². The SMILES string of the molecule is C=C(C)CCNCCc1cc(F)cc(F)c1. The Bertz CT molecular complexity index is 341. The van der Waals surface area contributed by atoms with Crippen molar-refractivity contribution in [3.05, 3.63) is 47.5 Å². The second kappa shape index (κ2) is 6.38. The van der Waals surface area contributed by atoms with Crippen molar-refractivity contribution in [2.45, 2.75) is 19.8 Å². The maximum Gasteiger partial charge on any atom is 0.126 e. The lowest BCUT2D eigenvalue weighted by Crippen LogP contribution is -2.18. The molecule has 1 aromatic carbocycles. The Hall–Kier alpha value is -1.22. The van der Waals surface area contributed by atoms with Crippen LogP contribution in [0.15, 0.2) is 30.4 Å². The first-order chi connectivity index (χ1) is 7.58. The van der Waals surface area contributed by atoms with Crippen LogP contribution < -0.4 is 5.32 Å². The molecule has 0 radical (unpaired) electrons. The van der Waals surface area contributed by atoms with Crippen LogP contribution in [0.4, 0.5) is 8.78 Å². The minimum absolute atomic E-state index is 0.517. The minimum Gasteiger partial charge on any atom is -0.316 e. The first-order valence-electron chi connectivity index (χ1n) is 5.38. The zero-order valence-electron chi connectivity index (χ0n) is 9.52. The summed E-state index contributed by atoms with van der Waals surface area (Å²) >= 11 is 0. The Balaban J connectivity index is 2.29. The van der Waals surface area contributed by atoms with E-state index >= 15 is 0 Å². The van der Waals surface area contributed by atoms with Crippen LogP contribution in [0.25, 0.3) is 0 Å². The van der Waals surface area contributed by atoms with Crippen LogP contribution in [-0.4, -0.2) is 13.1 Å². The van der Waals surface area contributed by atoms with E-state index in [1.54, 1.807) is 0 Å². The van der Waals surface area contributed by atoms with Crippen molar-refractivity contribution in [1.29, 1.82) is 0 Å². The Morgan fingerprint density at radius 3 is 2.38 bits per heavy atom. The zero-order valence-corrected chi connectivity index (χ0v) is 9.52. The summed E-state index contributed by atoms with van der Waals surface area (Å²) in [4.78, 5) is 0. The van der Waals surface area contributed by atoms with Gasteiger partial charge in [-0.2, -0.15) is 0 Å². The summed E-state index contributed by atoms with van der Waals surface area (Å²) in [5, 5.41) is 3.20. The van der Waals surface area contributed by atoms with E-state index in [2.05, 4.69) is 11.9 Å². The normalized spacial score (nSPS) is 10.4. The molecule has 88 valence electrons. The van der Waals surface area contributed by atoms with Crippen LogP contribution in [0, 0.1) is 11.6 Å². The fourth-order valence-corrected chi connectivity index (χ4v) is 1.41. The molecule has 16 heavy (non-hydrogen) atoms. The van der Waals surface area contributed by atoms with Gasteiger partial charge in [-0.05, 0) is 50.6 Å². The van der Waals surface area contributed by atoms with Crippen molar-refractivity contribution in [2.24, 2.45) is 0 Å². The van der Waals surface area contributed by atoms with Gasteiger partial charge in [0.25, 0.3) is 0 Å². The minimum atomic E-state index is -0.517. The van der Waals surface area contributed by atoms with Crippen molar-refractivity contribution < 1.29 is 8.78 Å². The summed E-state index contributed by atoms with van der Waals surface area (Å²) in [6, 6.07) is 3.62. The lowest BCUT2D eigenvalue weighted by atomic mass is 10.1. The largest absolute Gasteiger partial charge is 0.316 e. The third-order valence-corrected chi connectivity index (χ3v) is 2.24. The van der Waals surface area contributed by atoms with Crippen LogP contribution in [-0.2, 0) is 6.42 Å². The topological polar surface area (TPSA) is 12.0 Å². The summed E-state index contributed by atoms with van der Waals surface area (Å²) in [6.45, 7) is 7.34. The number of halogens is 2. The van der Waals surface area contributed by atoms with Crippen LogP contribution in [0.3, 0.4) is 0 Å². The van der Waals surface area contributed by atoms with Crippen molar-refractivity contribution in [2.75, 3.05) is 13.1 Å². The molecule has 0 spiro atoms. The van der Waals surface area contributed by atoms with Crippen molar-refractivity contribution in [3.63, 3.8) is 0 Å². The number of hydrogen-bond acceptors (Lipinski definition) is 1. The molecule has 1 aromatic rings. The van der Waals surface area contributed by atoms with E-state index in [-0.39, 0.29) is 0 Å². The molecular weight excluding hydrogens is 208 g/mol. The molecule has 0 unspecified atom stereocenters. The standard InChI is InChI=1S/C13H17F2N/c1-10(2)3-5-16-6-4-11-7-12(14)9-13(15)8-11/h7-9,16H,1,3-6H2,2H3. The lowest BCUT2D eigenvalue weighted by Gasteiger charge is -2.05. The Morgan fingerprint density at radius 1 is 1.19 bits per heavy atom. The van der Waals surface area contributed by atoms with Crippen molar-refractivity contribution in [3.8, 4) is 0 Å². The van der Waals surface area contributed by atoms with Gasteiger partial charge in [-0.1, -0.05) is 5.57 Å². The molecule has 0 aliphatic carbocycles. The third kappa shape index (κ3) is 5.03. The summed E-state index contributed by atoms with van der Waals surface area (Å²) in [5.41, 5.74) is 1.81. The molecule has 1 nitrogen and oxygen atoms in total. The maximum absolute atomic E-state index is 12.8. The van der Waals surface area contributed by atoms with Gasteiger partial charge < -0.3 is 5.32 Å². The highest BCUT2D eigenvalue weighted by Crippen LogP contribution is 2.08. The van der Waals surface area contributed by atoms with E-state index in [0.29, 0.717) is 12.0 Å². The average Bonchev–Trinajstić information content (AvgIpc) is 2.15. The van der Waals surface area contributed by atoms with Crippen molar-refractivity contribution in [1.82, 2.24) is 5.32 Å². The van der Waals surface area contributed by atoms with E-state index in [9.17, 15) is 8.78 Å². The molecule has 0 atom stereocenters. The number of benzene rings is 1. The third-order valence-electron chi connectivity index (χ3n) is 2.24. The summed E-state index contributed by atoms with van der Waals surface area (Å²) in [7, 11) is 0. The van der Waals surface area contributed by atoms with Crippen LogP contribution in [0.5, 0.6) is 0 Å². The molecule has 0 saturated heterocycles. The molecule has 0 fully saturated rings. The number of nitrogens with one attached hydrogen (secondary N) is 1. The smallest absolute Gasteiger partial charge is 0.126 e. The van der Waals surface area contributed by atoms with Gasteiger partial charge in [0, 0.05) is 6.07 Å². The monoisotopic (exact) mass is 225 g/mol. The Labute approximate surface area is 95.2 Å². The maximum atomic E-state index is 12.8. The van der Waals surface area contributed by atoms with Crippen LogP contribution >= 0.6 is 0 Å². The first-order valence-corrected chi connectivity index (χ1v) is 5.38. The molecule has 3 heteroatoms. The number of rotatable bonds is 6. The fourth-order valence-electron chi connectivity index (χ4n) is 1.41. The first kappa shape index (κ1) is 12.8. The highest BCUT2D eigenvalue weighted by Gasteiger charge is 2.00. The molecule has 0 heterocycles. The quantitative estimate of drug-likeness (QED) is 0.579. The summed E-state index contributed by atoms with van der Waals surface area (Å²) < 4.78 is 25.7. The van der Waals surface area contributed by atoms with E-state index in [1.807, 2.05) is 6.92 Å². The Kier molecular flexibility index (Phi) is 5.12. The molecule has 0 aliphatic rings. The molecule has 1 rings (SSSR count). The number of hydrogen-bond donors (Lipinski definition) is 1. The second-order valence-electron chi connectivity index (χ2n) is 3.98. The van der Waals surface area contributed by atoms with Gasteiger partial charge >= 0.3 is 0 Å². The van der Waals surface area contributed by atoms with Crippen molar-refractivity contribution >= 4 is 0 Å². The lowest BCUT2D eigenvalue weighted by molar-refractivity contribution is 0.577. The van der Waals surface area contributed by atoms with Gasteiger partial charge in [-0.15, -0.1) is 6.58 Å². The van der Waals surface area contributed by atoms with Crippen LogP contribution in [0.1, 0.15) is 18.9 Å². The predicted octanol–water partition coefficient (Wildman–Crippen LogP) is 3.06. The van der Waals surface area contributed by atoms with Gasteiger partial charge in [-0.25, -0.2) is 8.78 Å². The Morgan fingerprint density at radius 2 is 1.81 bits per heavy atom. The molecule has 0 bridgehead atoms. The molecular formula is C13H17F2N. The average molecular weight is 225 g/mol. The highest BCUT2D eigenvalue weighted by atomic mass is 19.1. The van der Waals surface area contributed by atoms with E-state index < -0.39 is 11.6 Å². The molecule has 0 amide bonds. The molecule has 0 aromatic heterocycles. The molecule has 0 aliphatic heterocycles. The summed E-state index contributed by atoms with van der Waals surface area (Å²) in [5.74, 6) is -1.03.